The highest BCUT2D eigenvalue weighted by molar-refractivity contribution is 5.86. The summed E-state index contributed by atoms with van der Waals surface area (Å²) in [7, 11) is 0. The maximum atomic E-state index is 11.8. The van der Waals surface area contributed by atoms with Gasteiger partial charge < -0.3 is 10.0 Å². The topological polar surface area (TPSA) is 57.6 Å². The van der Waals surface area contributed by atoms with Gasteiger partial charge in [-0.05, 0) is 25.3 Å². The summed E-state index contributed by atoms with van der Waals surface area (Å²) in [6.07, 6.45) is 1.91. The quantitative estimate of drug-likeness (QED) is 0.881. The molecule has 0 aromatic heterocycles. The van der Waals surface area contributed by atoms with E-state index in [2.05, 4.69) is 12.1 Å². The predicted octanol–water partition coefficient (Wildman–Crippen LogP) is 1.94. The maximum absolute atomic E-state index is 11.8. The van der Waals surface area contributed by atoms with Gasteiger partial charge in [-0.2, -0.15) is 0 Å². The largest absolute Gasteiger partial charge is 0.481 e. The molecule has 1 fully saturated rings. The molecule has 1 aliphatic heterocycles. The van der Waals surface area contributed by atoms with E-state index in [1.807, 2.05) is 25.1 Å². The smallest absolute Gasteiger partial charge is 0.308 e. The molecule has 1 saturated heterocycles. The molecule has 1 aliphatic rings. The summed E-state index contributed by atoms with van der Waals surface area (Å²) in [5, 5.41) is 8.96. The zero-order valence-electron chi connectivity index (χ0n) is 11.1. The molecular formula is C15H19NO3. The summed E-state index contributed by atoms with van der Waals surface area (Å²) in [6.45, 7) is 2.34. The number of rotatable bonds is 5. The first-order valence-corrected chi connectivity index (χ1v) is 6.64. The number of benzene rings is 1. The first-order valence-electron chi connectivity index (χ1n) is 6.64. The molecule has 1 N–H and O–H groups in total. The molecule has 1 aromatic rings. The number of aryl methyl sites for hydroxylation is 1. The van der Waals surface area contributed by atoms with Crippen molar-refractivity contribution in [1.29, 1.82) is 0 Å². The standard InChI is InChI=1S/C15H19NO3/c1-11(7-8-12-5-3-2-4-6-12)16-10-13(15(18)19)9-14(16)17/h2-6,11,13H,7-10H2,1H3,(H,18,19)/t11-,13-/m1/s1. The van der Waals surface area contributed by atoms with Gasteiger partial charge in [0.15, 0.2) is 0 Å². The summed E-state index contributed by atoms with van der Waals surface area (Å²) in [5.74, 6) is -1.44. The lowest BCUT2D eigenvalue weighted by atomic mass is 10.1. The molecule has 1 aromatic carbocycles. The number of carboxylic acids is 1. The molecule has 4 heteroatoms. The molecular weight excluding hydrogens is 242 g/mol. The molecule has 1 heterocycles. The van der Waals surface area contributed by atoms with E-state index < -0.39 is 11.9 Å². The number of likely N-dealkylation sites (tertiary alicyclic amines) is 1. The van der Waals surface area contributed by atoms with Crippen LogP contribution in [0.25, 0.3) is 0 Å². The van der Waals surface area contributed by atoms with Crippen molar-refractivity contribution in [3.63, 3.8) is 0 Å². The normalized spacial score (nSPS) is 20.6. The lowest BCUT2D eigenvalue weighted by Gasteiger charge is -2.24. The second kappa shape index (κ2) is 5.87. The van der Waals surface area contributed by atoms with Crippen LogP contribution in [0.3, 0.4) is 0 Å². The van der Waals surface area contributed by atoms with E-state index in [-0.39, 0.29) is 18.4 Å². The van der Waals surface area contributed by atoms with Crippen molar-refractivity contribution in [1.82, 2.24) is 4.90 Å². The van der Waals surface area contributed by atoms with E-state index in [4.69, 9.17) is 5.11 Å². The predicted molar refractivity (Wildman–Crippen MR) is 71.7 cm³/mol. The third-order valence-electron chi connectivity index (χ3n) is 3.73. The Kier molecular flexibility index (Phi) is 4.20. The average molecular weight is 261 g/mol. The van der Waals surface area contributed by atoms with Crippen LogP contribution in [0.5, 0.6) is 0 Å². The average Bonchev–Trinajstić information content (AvgIpc) is 2.80. The van der Waals surface area contributed by atoms with Gasteiger partial charge in [-0.25, -0.2) is 0 Å². The van der Waals surface area contributed by atoms with E-state index in [0.717, 1.165) is 12.8 Å². The second-order valence-corrected chi connectivity index (χ2v) is 5.16. The lowest BCUT2D eigenvalue weighted by molar-refractivity contribution is -0.141. The second-order valence-electron chi connectivity index (χ2n) is 5.16. The molecule has 2 atom stereocenters. The van der Waals surface area contributed by atoms with E-state index in [1.165, 1.54) is 5.56 Å². The van der Waals surface area contributed by atoms with Crippen molar-refractivity contribution >= 4 is 11.9 Å². The van der Waals surface area contributed by atoms with Gasteiger partial charge in [0.2, 0.25) is 5.91 Å². The minimum absolute atomic E-state index is 0.0343. The number of carboxylic acid groups (broad SMARTS) is 1. The maximum Gasteiger partial charge on any atom is 0.308 e. The van der Waals surface area contributed by atoms with Crippen molar-refractivity contribution in [3.05, 3.63) is 35.9 Å². The Morgan fingerprint density at radius 1 is 1.42 bits per heavy atom. The van der Waals surface area contributed by atoms with Gasteiger partial charge in [-0.1, -0.05) is 30.3 Å². The van der Waals surface area contributed by atoms with E-state index in [9.17, 15) is 9.59 Å². The molecule has 0 saturated carbocycles. The molecule has 0 bridgehead atoms. The Bertz CT molecular complexity index is 458. The minimum Gasteiger partial charge on any atom is -0.481 e. The zero-order chi connectivity index (χ0) is 13.8. The van der Waals surface area contributed by atoms with Crippen molar-refractivity contribution in [3.8, 4) is 0 Å². The Morgan fingerprint density at radius 2 is 2.11 bits per heavy atom. The molecule has 0 radical (unpaired) electrons. The summed E-state index contributed by atoms with van der Waals surface area (Å²) in [4.78, 5) is 24.4. The van der Waals surface area contributed by atoms with Crippen molar-refractivity contribution < 1.29 is 14.7 Å². The fourth-order valence-electron chi connectivity index (χ4n) is 2.50. The highest BCUT2D eigenvalue weighted by Gasteiger charge is 2.36. The first kappa shape index (κ1) is 13.6. The number of amides is 1. The van der Waals surface area contributed by atoms with Gasteiger partial charge in [0, 0.05) is 19.0 Å². The summed E-state index contributed by atoms with van der Waals surface area (Å²) in [5.41, 5.74) is 1.25. The first-order chi connectivity index (χ1) is 9.08. The van der Waals surface area contributed by atoms with Gasteiger partial charge in [0.1, 0.15) is 0 Å². The number of hydrogen-bond acceptors (Lipinski definition) is 2. The molecule has 19 heavy (non-hydrogen) atoms. The van der Waals surface area contributed by atoms with E-state index in [0.29, 0.717) is 6.54 Å². The fourth-order valence-corrected chi connectivity index (χ4v) is 2.50. The molecule has 0 spiro atoms. The van der Waals surface area contributed by atoms with Gasteiger partial charge in [0.25, 0.3) is 0 Å². The van der Waals surface area contributed by atoms with E-state index >= 15 is 0 Å². The van der Waals surface area contributed by atoms with Gasteiger partial charge in [-0.3, -0.25) is 9.59 Å². The van der Waals surface area contributed by atoms with Crippen LogP contribution in [0.2, 0.25) is 0 Å². The highest BCUT2D eigenvalue weighted by Crippen LogP contribution is 2.22. The zero-order valence-corrected chi connectivity index (χ0v) is 11.1. The number of carbonyl (C=O) groups is 2. The van der Waals surface area contributed by atoms with Crippen molar-refractivity contribution in [2.45, 2.75) is 32.2 Å². The third-order valence-corrected chi connectivity index (χ3v) is 3.73. The highest BCUT2D eigenvalue weighted by atomic mass is 16.4. The SMILES string of the molecule is C[C@H](CCc1ccccc1)N1C[C@H](C(=O)O)CC1=O. The van der Waals surface area contributed by atoms with Crippen LogP contribution in [-0.2, 0) is 16.0 Å². The van der Waals surface area contributed by atoms with Gasteiger partial charge >= 0.3 is 5.97 Å². The van der Waals surface area contributed by atoms with E-state index in [1.54, 1.807) is 4.90 Å². The van der Waals surface area contributed by atoms with Crippen molar-refractivity contribution in [2.24, 2.45) is 5.92 Å². The molecule has 0 unspecified atom stereocenters. The van der Waals surface area contributed by atoms with Crippen LogP contribution in [-0.4, -0.2) is 34.5 Å². The number of nitrogens with zero attached hydrogens (tertiary/aromatic N) is 1. The molecule has 4 nitrogen and oxygen atoms in total. The van der Waals surface area contributed by atoms with Crippen LogP contribution < -0.4 is 0 Å². The monoisotopic (exact) mass is 261 g/mol. The van der Waals surface area contributed by atoms with Crippen LogP contribution in [0.1, 0.15) is 25.3 Å². The Balaban J connectivity index is 1.88. The lowest BCUT2D eigenvalue weighted by Crippen LogP contribution is -2.35. The summed E-state index contributed by atoms with van der Waals surface area (Å²) >= 11 is 0. The summed E-state index contributed by atoms with van der Waals surface area (Å²) < 4.78 is 0. The van der Waals surface area contributed by atoms with Crippen LogP contribution in [0.4, 0.5) is 0 Å². The number of aliphatic carboxylic acids is 1. The molecule has 0 aliphatic carbocycles. The number of carbonyl (C=O) groups excluding carboxylic acids is 1. The Hall–Kier alpha value is -1.84. The molecule has 102 valence electrons. The van der Waals surface area contributed by atoms with Crippen LogP contribution in [0, 0.1) is 5.92 Å². The molecule has 1 amide bonds. The van der Waals surface area contributed by atoms with Crippen molar-refractivity contribution in [2.75, 3.05) is 6.54 Å². The number of hydrogen-bond donors (Lipinski definition) is 1. The van der Waals surface area contributed by atoms with Crippen LogP contribution in [0.15, 0.2) is 30.3 Å². The molecule has 2 rings (SSSR count). The fraction of sp³-hybridized carbons (Fsp3) is 0.467. The third kappa shape index (κ3) is 3.34. The van der Waals surface area contributed by atoms with Gasteiger partial charge in [-0.15, -0.1) is 0 Å². The minimum atomic E-state index is -0.869. The van der Waals surface area contributed by atoms with Gasteiger partial charge in [0.05, 0.1) is 5.92 Å². The Labute approximate surface area is 113 Å². The summed E-state index contributed by atoms with van der Waals surface area (Å²) in [6, 6.07) is 10.2. The Morgan fingerprint density at radius 3 is 2.68 bits per heavy atom. The van der Waals surface area contributed by atoms with Crippen LogP contribution >= 0.6 is 0 Å².